The van der Waals surface area contributed by atoms with Gasteiger partial charge < -0.3 is 5.32 Å². The van der Waals surface area contributed by atoms with Crippen LogP contribution in [0.4, 0.5) is 0 Å². The molecule has 0 aromatic carbocycles. The van der Waals surface area contributed by atoms with Crippen molar-refractivity contribution < 1.29 is 0 Å². The van der Waals surface area contributed by atoms with Crippen LogP contribution in [0.2, 0.25) is 0 Å². The standard InChI is InChI=1S/C9H16N2/c1-2-5-11-8-9-3-6-10-7-4-9/h3,6,11H,2,4-5,7-8H2,1H3. The molecule has 1 rings (SSSR count). The lowest BCUT2D eigenvalue weighted by Gasteiger charge is -2.08. The SMILES string of the molecule is CCCNCC1=CC=NCC1. The third kappa shape index (κ3) is 3.33. The lowest BCUT2D eigenvalue weighted by Crippen LogP contribution is -2.19. The summed E-state index contributed by atoms with van der Waals surface area (Å²) in [6.45, 7) is 5.32. The molecule has 2 nitrogen and oxygen atoms in total. The van der Waals surface area contributed by atoms with Crippen molar-refractivity contribution >= 4 is 6.21 Å². The summed E-state index contributed by atoms with van der Waals surface area (Å²) in [5, 5.41) is 3.37. The van der Waals surface area contributed by atoms with E-state index >= 15 is 0 Å². The maximum Gasteiger partial charge on any atom is 0.0427 e. The zero-order chi connectivity index (χ0) is 7.94. The number of hydrogen-bond acceptors (Lipinski definition) is 2. The van der Waals surface area contributed by atoms with E-state index in [-0.39, 0.29) is 0 Å². The molecule has 2 heteroatoms. The van der Waals surface area contributed by atoms with Gasteiger partial charge in [0.05, 0.1) is 0 Å². The highest BCUT2D eigenvalue weighted by Crippen LogP contribution is 2.02. The van der Waals surface area contributed by atoms with Gasteiger partial charge in [0.25, 0.3) is 0 Å². The van der Waals surface area contributed by atoms with Gasteiger partial charge in [-0.1, -0.05) is 12.5 Å². The molecule has 0 unspecified atom stereocenters. The van der Waals surface area contributed by atoms with Gasteiger partial charge in [0.15, 0.2) is 0 Å². The number of aliphatic imine (C=N–C) groups is 1. The Morgan fingerprint density at radius 1 is 1.64 bits per heavy atom. The lowest BCUT2D eigenvalue weighted by molar-refractivity contribution is 0.697. The minimum atomic E-state index is 0.972. The predicted molar refractivity (Wildman–Crippen MR) is 49.2 cm³/mol. The summed E-state index contributed by atoms with van der Waals surface area (Å²) in [6.07, 6.45) is 6.37. The average molecular weight is 152 g/mol. The van der Waals surface area contributed by atoms with E-state index in [9.17, 15) is 0 Å². The van der Waals surface area contributed by atoms with Gasteiger partial charge in [0.1, 0.15) is 0 Å². The second kappa shape index (κ2) is 5.08. The summed E-state index contributed by atoms with van der Waals surface area (Å²) >= 11 is 0. The van der Waals surface area contributed by atoms with E-state index in [0.29, 0.717) is 0 Å². The number of nitrogens with one attached hydrogen (secondary N) is 1. The number of dihydropyridines is 1. The highest BCUT2D eigenvalue weighted by molar-refractivity contribution is 5.73. The first-order chi connectivity index (χ1) is 5.43. The topological polar surface area (TPSA) is 24.4 Å². The van der Waals surface area contributed by atoms with Crippen LogP contribution in [0.15, 0.2) is 16.6 Å². The van der Waals surface area contributed by atoms with Crippen LogP contribution in [0.3, 0.4) is 0 Å². The van der Waals surface area contributed by atoms with E-state index < -0.39 is 0 Å². The van der Waals surface area contributed by atoms with E-state index in [4.69, 9.17) is 0 Å². The molecule has 1 heterocycles. The minimum absolute atomic E-state index is 0.972. The van der Waals surface area contributed by atoms with Gasteiger partial charge in [-0.25, -0.2) is 0 Å². The zero-order valence-electron chi connectivity index (χ0n) is 7.14. The zero-order valence-corrected chi connectivity index (χ0v) is 7.14. The molecule has 11 heavy (non-hydrogen) atoms. The van der Waals surface area contributed by atoms with Crippen LogP contribution in [0, 0.1) is 0 Å². The average Bonchev–Trinajstić information content (AvgIpc) is 2.07. The Morgan fingerprint density at radius 3 is 3.18 bits per heavy atom. The van der Waals surface area contributed by atoms with Gasteiger partial charge in [-0.15, -0.1) is 0 Å². The quantitative estimate of drug-likeness (QED) is 0.605. The van der Waals surface area contributed by atoms with Crippen LogP contribution in [0.1, 0.15) is 19.8 Å². The largest absolute Gasteiger partial charge is 0.313 e. The Kier molecular flexibility index (Phi) is 3.91. The molecule has 0 spiro atoms. The normalized spacial score (nSPS) is 16.6. The predicted octanol–water partition coefficient (Wildman–Crippen LogP) is 1.39. The fourth-order valence-electron chi connectivity index (χ4n) is 1.10. The summed E-state index contributed by atoms with van der Waals surface area (Å²) in [5.41, 5.74) is 1.48. The fraction of sp³-hybridized carbons (Fsp3) is 0.667. The van der Waals surface area contributed by atoms with Crippen molar-refractivity contribution in [1.29, 1.82) is 0 Å². The molecule has 0 aromatic heterocycles. The molecule has 0 amide bonds. The van der Waals surface area contributed by atoms with Crippen LogP contribution in [0.25, 0.3) is 0 Å². The van der Waals surface area contributed by atoms with E-state index in [1.54, 1.807) is 0 Å². The molecule has 0 saturated carbocycles. The number of hydrogen-bond donors (Lipinski definition) is 1. The summed E-state index contributed by atoms with van der Waals surface area (Å²) in [7, 11) is 0. The Balaban J connectivity index is 2.15. The van der Waals surface area contributed by atoms with Gasteiger partial charge in [-0.2, -0.15) is 0 Å². The summed E-state index contributed by atoms with van der Waals surface area (Å²) in [5.74, 6) is 0. The number of allylic oxidation sites excluding steroid dienone is 1. The highest BCUT2D eigenvalue weighted by atomic mass is 14.8. The van der Waals surface area contributed by atoms with E-state index in [1.165, 1.54) is 12.0 Å². The van der Waals surface area contributed by atoms with Crippen molar-refractivity contribution in [2.75, 3.05) is 19.6 Å². The highest BCUT2D eigenvalue weighted by Gasteiger charge is 1.97. The Hall–Kier alpha value is -0.630. The molecule has 1 N–H and O–H groups in total. The van der Waals surface area contributed by atoms with Crippen molar-refractivity contribution in [2.24, 2.45) is 4.99 Å². The molecule has 0 saturated heterocycles. The molecule has 0 fully saturated rings. The molecule has 0 bridgehead atoms. The van der Waals surface area contributed by atoms with Gasteiger partial charge in [-0.05, 0) is 25.5 Å². The Bertz CT molecular complexity index is 159. The summed E-state index contributed by atoms with van der Waals surface area (Å²) < 4.78 is 0. The van der Waals surface area contributed by atoms with Crippen molar-refractivity contribution in [1.82, 2.24) is 5.32 Å². The molecular formula is C9H16N2. The van der Waals surface area contributed by atoms with Crippen LogP contribution in [0.5, 0.6) is 0 Å². The first-order valence-electron chi connectivity index (χ1n) is 4.32. The van der Waals surface area contributed by atoms with Crippen molar-refractivity contribution in [2.45, 2.75) is 19.8 Å². The lowest BCUT2D eigenvalue weighted by atomic mass is 10.1. The summed E-state index contributed by atoms with van der Waals surface area (Å²) in [6, 6.07) is 0. The molecule has 0 atom stereocenters. The smallest absolute Gasteiger partial charge is 0.0427 e. The third-order valence-corrected chi connectivity index (χ3v) is 1.76. The molecular weight excluding hydrogens is 136 g/mol. The second-order valence-corrected chi connectivity index (χ2v) is 2.81. The Labute approximate surface area is 68.4 Å². The van der Waals surface area contributed by atoms with Crippen molar-refractivity contribution in [3.05, 3.63) is 11.6 Å². The van der Waals surface area contributed by atoms with Crippen LogP contribution in [-0.4, -0.2) is 25.8 Å². The van der Waals surface area contributed by atoms with Gasteiger partial charge in [0, 0.05) is 19.3 Å². The van der Waals surface area contributed by atoms with Crippen LogP contribution >= 0.6 is 0 Å². The van der Waals surface area contributed by atoms with Crippen molar-refractivity contribution in [3.8, 4) is 0 Å². The Morgan fingerprint density at radius 2 is 2.55 bits per heavy atom. The molecule has 0 radical (unpaired) electrons. The van der Waals surface area contributed by atoms with E-state index in [1.807, 2.05) is 6.21 Å². The maximum absolute atomic E-state index is 4.13. The van der Waals surface area contributed by atoms with E-state index in [0.717, 1.165) is 26.1 Å². The molecule has 1 aliphatic heterocycles. The summed E-state index contributed by atoms with van der Waals surface area (Å²) in [4.78, 5) is 4.13. The molecule has 1 aliphatic rings. The van der Waals surface area contributed by atoms with Gasteiger partial charge >= 0.3 is 0 Å². The first-order valence-corrected chi connectivity index (χ1v) is 4.32. The molecule has 0 aliphatic carbocycles. The second-order valence-electron chi connectivity index (χ2n) is 2.81. The maximum atomic E-state index is 4.13. The van der Waals surface area contributed by atoms with E-state index in [2.05, 4.69) is 23.3 Å². The van der Waals surface area contributed by atoms with Gasteiger partial charge in [-0.3, -0.25) is 4.99 Å². The molecule has 62 valence electrons. The molecule has 0 aromatic rings. The third-order valence-electron chi connectivity index (χ3n) is 1.76. The van der Waals surface area contributed by atoms with Crippen LogP contribution < -0.4 is 5.32 Å². The first kappa shape index (κ1) is 8.47. The number of nitrogens with zero attached hydrogens (tertiary/aromatic N) is 1. The fourth-order valence-corrected chi connectivity index (χ4v) is 1.10. The monoisotopic (exact) mass is 152 g/mol. The number of rotatable bonds is 4. The van der Waals surface area contributed by atoms with Crippen LogP contribution in [-0.2, 0) is 0 Å². The van der Waals surface area contributed by atoms with Gasteiger partial charge in [0.2, 0.25) is 0 Å². The van der Waals surface area contributed by atoms with Crippen molar-refractivity contribution in [3.63, 3.8) is 0 Å². The minimum Gasteiger partial charge on any atom is -0.313 e.